The monoisotopic (exact) mass is 141 g/mol. The van der Waals surface area contributed by atoms with Crippen molar-refractivity contribution < 1.29 is 4.79 Å². The van der Waals surface area contributed by atoms with Crippen LogP contribution in [0.25, 0.3) is 0 Å². The summed E-state index contributed by atoms with van der Waals surface area (Å²) in [5, 5.41) is 3.05. The van der Waals surface area contributed by atoms with E-state index in [1.165, 1.54) is 13.0 Å². The van der Waals surface area contributed by atoms with Crippen molar-refractivity contribution in [2.24, 2.45) is 0 Å². The summed E-state index contributed by atoms with van der Waals surface area (Å²) in [5.74, 6) is 0.0664. The Kier molecular flexibility index (Phi) is 3.13. The van der Waals surface area contributed by atoms with E-state index in [1.54, 1.807) is 6.20 Å². The smallest absolute Gasteiger partial charge is 0.154 e. The first kappa shape index (κ1) is 9.21. The molecule has 0 unspecified atom stereocenters. The molecule has 0 heterocycles. The van der Waals surface area contributed by atoms with Gasteiger partial charge in [-0.15, -0.1) is 0 Å². The molecule has 0 spiro atoms. The SMILES string of the molecule is CC(=O)C=CNC(C)(C)C. The van der Waals surface area contributed by atoms with Crippen molar-refractivity contribution in [3.05, 3.63) is 12.3 Å². The second kappa shape index (κ2) is 3.40. The topological polar surface area (TPSA) is 29.1 Å². The molecule has 10 heavy (non-hydrogen) atoms. The van der Waals surface area contributed by atoms with E-state index in [0.717, 1.165) is 0 Å². The normalized spacial score (nSPS) is 12.0. The van der Waals surface area contributed by atoms with Gasteiger partial charge in [-0.1, -0.05) is 0 Å². The predicted molar refractivity (Wildman–Crippen MR) is 42.7 cm³/mol. The summed E-state index contributed by atoms with van der Waals surface area (Å²) in [7, 11) is 0. The predicted octanol–water partition coefficient (Wildman–Crippen LogP) is 1.48. The standard InChI is InChI=1S/C8H15NO/c1-7(10)5-6-9-8(2,3)4/h5-6,9H,1-4H3. The van der Waals surface area contributed by atoms with Gasteiger partial charge in [0.15, 0.2) is 5.78 Å². The molecule has 0 aromatic carbocycles. The molecule has 0 aliphatic rings. The van der Waals surface area contributed by atoms with E-state index in [0.29, 0.717) is 0 Å². The summed E-state index contributed by atoms with van der Waals surface area (Å²) in [4.78, 5) is 10.4. The summed E-state index contributed by atoms with van der Waals surface area (Å²) in [6.07, 6.45) is 3.20. The largest absolute Gasteiger partial charge is 0.386 e. The van der Waals surface area contributed by atoms with Gasteiger partial charge in [0.2, 0.25) is 0 Å². The Hall–Kier alpha value is -0.790. The molecular weight excluding hydrogens is 126 g/mol. The summed E-state index contributed by atoms with van der Waals surface area (Å²) in [5.41, 5.74) is 0.0476. The quantitative estimate of drug-likeness (QED) is 0.590. The van der Waals surface area contributed by atoms with E-state index >= 15 is 0 Å². The van der Waals surface area contributed by atoms with Gasteiger partial charge in [0.05, 0.1) is 0 Å². The van der Waals surface area contributed by atoms with Crippen LogP contribution in [-0.4, -0.2) is 11.3 Å². The second-order valence-electron chi connectivity index (χ2n) is 3.34. The lowest BCUT2D eigenvalue weighted by Gasteiger charge is -2.18. The van der Waals surface area contributed by atoms with Crippen molar-refractivity contribution in [2.45, 2.75) is 33.2 Å². The molecule has 0 aliphatic carbocycles. The maximum atomic E-state index is 10.4. The Morgan fingerprint density at radius 1 is 1.40 bits per heavy atom. The molecule has 0 aliphatic heterocycles. The molecule has 2 nitrogen and oxygen atoms in total. The van der Waals surface area contributed by atoms with E-state index < -0.39 is 0 Å². The van der Waals surface area contributed by atoms with Gasteiger partial charge in [0.1, 0.15) is 0 Å². The van der Waals surface area contributed by atoms with Crippen molar-refractivity contribution >= 4 is 5.78 Å². The molecule has 0 atom stereocenters. The van der Waals surface area contributed by atoms with Crippen molar-refractivity contribution in [1.82, 2.24) is 5.32 Å². The number of ketones is 1. The zero-order chi connectivity index (χ0) is 8.20. The first-order valence-electron chi connectivity index (χ1n) is 3.36. The van der Waals surface area contributed by atoms with E-state index in [-0.39, 0.29) is 11.3 Å². The second-order valence-corrected chi connectivity index (χ2v) is 3.34. The summed E-state index contributed by atoms with van der Waals surface area (Å²) >= 11 is 0. The van der Waals surface area contributed by atoms with Gasteiger partial charge in [-0.3, -0.25) is 4.79 Å². The Morgan fingerprint density at radius 3 is 2.20 bits per heavy atom. The van der Waals surface area contributed by atoms with Crippen molar-refractivity contribution in [1.29, 1.82) is 0 Å². The van der Waals surface area contributed by atoms with Crippen LogP contribution in [0.15, 0.2) is 12.3 Å². The van der Waals surface area contributed by atoms with Crippen LogP contribution in [0, 0.1) is 0 Å². The van der Waals surface area contributed by atoms with Gasteiger partial charge < -0.3 is 5.32 Å². The Balaban J connectivity index is 3.64. The van der Waals surface area contributed by atoms with Crippen molar-refractivity contribution in [3.63, 3.8) is 0 Å². The number of hydrogen-bond donors (Lipinski definition) is 1. The van der Waals surface area contributed by atoms with Crippen LogP contribution in [0.3, 0.4) is 0 Å². The Labute approximate surface area is 62.3 Å². The maximum absolute atomic E-state index is 10.4. The molecule has 0 amide bonds. The van der Waals surface area contributed by atoms with Gasteiger partial charge in [-0.05, 0) is 33.8 Å². The zero-order valence-electron chi connectivity index (χ0n) is 7.06. The van der Waals surface area contributed by atoms with Gasteiger partial charge in [-0.25, -0.2) is 0 Å². The number of carbonyl (C=O) groups excluding carboxylic acids is 1. The summed E-state index contributed by atoms with van der Waals surface area (Å²) in [6.45, 7) is 7.65. The Bertz CT molecular complexity index is 142. The van der Waals surface area contributed by atoms with Crippen molar-refractivity contribution in [2.75, 3.05) is 0 Å². The third-order valence-electron chi connectivity index (χ3n) is 0.834. The molecule has 58 valence electrons. The minimum absolute atomic E-state index is 0.0476. The minimum atomic E-state index is 0.0476. The number of hydrogen-bond acceptors (Lipinski definition) is 2. The number of allylic oxidation sites excluding steroid dienone is 1. The molecule has 2 heteroatoms. The van der Waals surface area contributed by atoms with E-state index in [9.17, 15) is 4.79 Å². The molecule has 0 radical (unpaired) electrons. The van der Waals surface area contributed by atoms with Crippen LogP contribution in [0.2, 0.25) is 0 Å². The molecule has 0 aromatic heterocycles. The highest BCUT2D eigenvalue weighted by Gasteiger charge is 2.04. The van der Waals surface area contributed by atoms with Crippen LogP contribution in [0.4, 0.5) is 0 Å². The van der Waals surface area contributed by atoms with E-state index in [1.807, 2.05) is 20.8 Å². The molecular formula is C8H15NO. The highest BCUT2D eigenvalue weighted by molar-refractivity contribution is 5.87. The summed E-state index contributed by atoms with van der Waals surface area (Å²) < 4.78 is 0. The number of nitrogens with one attached hydrogen (secondary N) is 1. The van der Waals surface area contributed by atoms with E-state index in [2.05, 4.69) is 5.32 Å². The van der Waals surface area contributed by atoms with Crippen LogP contribution < -0.4 is 5.32 Å². The third kappa shape index (κ3) is 7.21. The average Bonchev–Trinajstić information content (AvgIpc) is 1.59. The highest BCUT2D eigenvalue weighted by Crippen LogP contribution is 1.97. The number of carbonyl (C=O) groups is 1. The third-order valence-corrected chi connectivity index (χ3v) is 0.834. The van der Waals surface area contributed by atoms with Crippen LogP contribution in [0.5, 0.6) is 0 Å². The lowest BCUT2D eigenvalue weighted by atomic mass is 10.1. The molecule has 0 rings (SSSR count). The van der Waals surface area contributed by atoms with Gasteiger partial charge in [0.25, 0.3) is 0 Å². The van der Waals surface area contributed by atoms with Crippen LogP contribution in [0.1, 0.15) is 27.7 Å². The fraction of sp³-hybridized carbons (Fsp3) is 0.625. The highest BCUT2D eigenvalue weighted by atomic mass is 16.1. The molecule has 0 saturated carbocycles. The summed E-state index contributed by atoms with van der Waals surface area (Å²) in [6, 6.07) is 0. The minimum Gasteiger partial charge on any atom is -0.386 e. The van der Waals surface area contributed by atoms with Gasteiger partial charge >= 0.3 is 0 Å². The average molecular weight is 141 g/mol. The fourth-order valence-electron chi connectivity index (χ4n) is 0.409. The molecule has 0 bridgehead atoms. The van der Waals surface area contributed by atoms with Gasteiger partial charge in [-0.2, -0.15) is 0 Å². The maximum Gasteiger partial charge on any atom is 0.154 e. The van der Waals surface area contributed by atoms with E-state index in [4.69, 9.17) is 0 Å². The molecule has 1 N–H and O–H groups in total. The lowest BCUT2D eigenvalue weighted by Crippen LogP contribution is -2.31. The number of rotatable bonds is 2. The molecule has 0 aromatic rings. The van der Waals surface area contributed by atoms with Gasteiger partial charge in [0, 0.05) is 11.7 Å². The first-order chi connectivity index (χ1) is 4.42. The van der Waals surface area contributed by atoms with Crippen molar-refractivity contribution in [3.8, 4) is 0 Å². The molecule has 0 saturated heterocycles. The van der Waals surface area contributed by atoms with Crippen LogP contribution >= 0.6 is 0 Å². The van der Waals surface area contributed by atoms with Crippen LogP contribution in [-0.2, 0) is 4.79 Å². The Morgan fingerprint density at radius 2 is 1.90 bits per heavy atom. The molecule has 0 fully saturated rings. The lowest BCUT2D eigenvalue weighted by molar-refractivity contribution is -0.112. The fourth-order valence-corrected chi connectivity index (χ4v) is 0.409. The zero-order valence-corrected chi connectivity index (χ0v) is 7.06. The first-order valence-corrected chi connectivity index (χ1v) is 3.36.